The summed E-state index contributed by atoms with van der Waals surface area (Å²) in [6, 6.07) is 0. The van der Waals surface area contributed by atoms with E-state index < -0.39 is 0 Å². The third kappa shape index (κ3) is 0.397. The van der Waals surface area contributed by atoms with Gasteiger partial charge in [0.2, 0.25) is 0 Å². The molecule has 0 aromatic heterocycles. The van der Waals surface area contributed by atoms with Gasteiger partial charge in [-0.15, -0.1) is 0 Å². The van der Waals surface area contributed by atoms with Crippen LogP contribution < -0.4 is 0 Å². The van der Waals surface area contributed by atoms with Crippen LogP contribution in [0.25, 0.3) is 0 Å². The monoisotopic (exact) mass is 174 g/mol. The number of rotatable bonds is 1. The van der Waals surface area contributed by atoms with Crippen molar-refractivity contribution in [2.75, 3.05) is 0 Å². The molecule has 0 N–H and O–H groups in total. The minimum atomic E-state index is 0.853. The summed E-state index contributed by atoms with van der Waals surface area (Å²) in [5, 5.41) is 0. The fourth-order valence-electron chi connectivity index (χ4n) is 6.29. The van der Waals surface area contributed by atoms with Crippen molar-refractivity contribution in [1.82, 2.24) is 0 Å². The molecule has 0 aromatic carbocycles. The van der Waals surface area contributed by atoms with Crippen molar-refractivity contribution < 1.29 is 0 Å². The molecule has 5 fully saturated rings. The predicted octanol–water partition coefficient (Wildman–Crippen LogP) is 3.08. The maximum Gasteiger partial charge on any atom is -0.0178 e. The maximum absolute atomic E-state index is 2.57. The molecule has 0 aromatic rings. The Morgan fingerprint density at radius 2 is 1.54 bits per heavy atom. The molecule has 5 aliphatic rings. The van der Waals surface area contributed by atoms with Crippen molar-refractivity contribution >= 4 is 0 Å². The molecule has 0 bridgehead atoms. The second kappa shape index (κ2) is 1.42. The highest BCUT2D eigenvalue weighted by Gasteiger charge is 2.86. The van der Waals surface area contributed by atoms with Crippen molar-refractivity contribution in [1.29, 1.82) is 0 Å². The number of hydrogen-bond acceptors (Lipinski definition) is 0. The van der Waals surface area contributed by atoms with Crippen LogP contribution >= 0.6 is 0 Å². The molecule has 4 unspecified atom stereocenters. The van der Waals surface area contributed by atoms with E-state index in [1.165, 1.54) is 29.6 Å². The Balaban J connectivity index is 1.56. The standard InChI is InChI=1S/C13H18/c1-12(2-3-12)11-9-5-7-4-8-6-10(11)13(7,8)9/h7-11H,2-6H2,1H3. The van der Waals surface area contributed by atoms with Gasteiger partial charge in [0.05, 0.1) is 0 Å². The first-order valence-electron chi connectivity index (χ1n) is 6.27. The van der Waals surface area contributed by atoms with Crippen molar-refractivity contribution in [2.24, 2.45) is 40.4 Å². The fourth-order valence-corrected chi connectivity index (χ4v) is 6.29. The van der Waals surface area contributed by atoms with E-state index in [1.807, 2.05) is 0 Å². The molecular formula is C13H18. The highest BCUT2D eigenvalue weighted by Crippen LogP contribution is 2.92. The zero-order chi connectivity index (χ0) is 8.42. The summed E-state index contributed by atoms with van der Waals surface area (Å²) in [5.74, 6) is 6.16. The van der Waals surface area contributed by atoms with Crippen LogP contribution in [-0.2, 0) is 0 Å². The van der Waals surface area contributed by atoms with Gasteiger partial charge in [0.25, 0.3) is 0 Å². The van der Waals surface area contributed by atoms with Crippen LogP contribution in [0, 0.1) is 40.4 Å². The second-order valence-corrected chi connectivity index (χ2v) is 6.99. The van der Waals surface area contributed by atoms with Gasteiger partial charge in [-0.25, -0.2) is 0 Å². The Labute approximate surface area is 80.1 Å². The third-order valence-electron chi connectivity index (χ3n) is 7.06. The van der Waals surface area contributed by atoms with E-state index in [9.17, 15) is 0 Å². The minimum absolute atomic E-state index is 0.853. The molecule has 0 radical (unpaired) electrons. The summed E-state index contributed by atoms with van der Waals surface area (Å²) in [5.41, 5.74) is 1.88. The normalized spacial score (nSPS) is 73.2. The Bertz CT molecular complexity index is 290. The Hall–Kier alpha value is 0. The van der Waals surface area contributed by atoms with Gasteiger partial charge in [-0.3, -0.25) is 0 Å². The highest BCUT2D eigenvalue weighted by molar-refractivity contribution is 5.34. The SMILES string of the molecule is CC1(C2C3CC4CC5CC2C453)CC1. The molecule has 13 heavy (non-hydrogen) atoms. The van der Waals surface area contributed by atoms with Crippen molar-refractivity contribution in [3.05, 3.63) is 0 Å². The smallest absolute Gasteiger partial charge is 0.0178 e. The van der Waals surface area contributed by atoms with Gasteiger partial charge in [-0.1, -0.05) is 6.92 Å². The topological polar surface area (TPSA) is 0 Å². The van der Waals surface area contributed by atoms with Gasteiger partial charge in [0.1, 0.15) is 0 Å². The average Bonchev–Trinajstić information content (AvgIpc) is 2.61. The van der Waals surface area contributed by atoms with E-state index >= 15 is 0 Å². The summed E-state index contributed by atoms with van der Waals surface area (Å²) < 4.78 is 0. The lowest BCUT2D eigenvalue weighted by Gasteiger charge is -2.90. The van der Waals surface area contributed by atoms with Crippen LogP contribution in [-0.4, -0.2) is 0 Å². The zero-order valence-corrected chi connectivity index (χ0v) is 8.42. The third-order valence-corrected chi connectivity index (χ3v) is 7.06. The van der Waals surface area contributed by atoms with E-state index in [1.54, 1.807) is 32.1 Å². The van der Waals surface area contributed by atoms with Crippen LogP contribution in [0.1, 0.15) is 39.0 Å². The molecule has 5 saturated carbocycles. The highest BCUT2D eigenvalue weighted by atomic mass is 14.9. The van der Waals surface area contributed by atoms with Gasteiger partial charge in [0, 0.05) is 0 Å². The average molecular weight is 174 g/mol. The summed E-state index contributed by atoms with van der Waals surface area (Å²) in [6.07, 6.45) is 8.06. The lowest BCUT2D eigenvalue weighted by atomic mass is 9.15. The van der Waals surface area contributed by atoms with Crippen molar-refractivity contribution in [3.63, 3.8) is 0 Å². The summed E-state index contributed by atoms with van der Waals surface area (Å²) >= 11 is 0. The largest absolute Gasteiger partial charge is 0.0594 e. The molecule has 4 atom stereocenters. The molecule has 0 heterocycles. The molecule has 1 spiro atoms. The van der Waals surface area contributed by atoms with E-state index in [4.69, 9.17) is 0 Å². The van der Waals surface area contributed by atoms with E-state index in [0.29, 0.717) is 0 Å². The first-order chi connectivity index (χ1) is 6.27. The minimum Gasteiger partial charge on any atom is -0.0594 e. The van der Waals surface area contributed by atoms with Crippen LogP contribution in [0.5, 0.6) is 0 Å². The molecule has 0 aliphatic heterocycles. The Morgan fingerprint density at radius 1 is 0.923 bits per heavy atom. The van der Waals surface area contributed by atoms with Crippen LogP contribution in [0.2, 0.25) is 0 Å². The maximum atomic E-state index is 2.57. The molecule has 0 amide bonds. The van der Waals surface area contributed by atoms with E-state index in [2.05, 4.69) is 6.92 Å². The van der Waals surface area contributed by atoms with Crippen LogP contribution in [0.3, 0.4) is 0 Å². The quantitative estimate of drug-likeness (QED) is 0.573. The predicted molar refractivity (Wildman–Crippen MR) is 51.1 cm³/mol. The molecule has 5 rings (SSSR count). The fraction of sp³-hybridized carbons (Fsp3) is 1.00. The van der Waals surface area contributed by atoms with Gasteiger partial charge in [-0.2, -0.15) is 0 Å². The first-order valence-corrected chi connectivity index (χ1v) is 6.27. The summed E-state index contributed by atoms with van der Waals surface area (Å²) in [4.78, 5) is 0. The molecule has 0 heteroatoms. The lowest BCUT2D eigenvalue weighted by molar-refractivity contribution is -0.420. The molecule has 0 saturated heterocycles. The molecular weight excluding hydrogens is 156 g/mol. The van der Waals surface area contributed by atoms with Gasteiger partial charge < -0.3 is 0 Å². The first kappa shape index (κ1) is 6.48. The van der Waals surface area contributed by atoms with Gasteiger partial charge in [-0.05, 0) is 72.5 Å². The summed E-state index contributed by atoms with van der Waals surface area (Å²) in [7, 11) is 0. The second-order valence-electron chi connectivity index (χ2n) is 6.99. The van der Waals surface area contributed by atoms with Crippen LogP contribution in [0.15, 0.2) is 0 Å². The van der Waals surface area contributed by atoms with Gasteiger partial charge >= 0.3 is 0 Å². The molecule has 0 nitrogen and oxygen atoms in total. The number of hydrogen-bond donors (Lipinski definition) is 0. The molecule has 70 valence electrons. The van der Waals surface area contributed by atoms with Crippen LogP contribution in [0.4, 0.5) is 0 Å². The molecule has 5 aliphatic carbocycles. The van der Waals surface area contributed by atoms with E-state index in [0.717, 1.165) is 10.8 Å². The van der Waals surface area contributed by atoms with Crippen molar-refractivity contribution in [2.45, 2.75) is 39.0 Å². The summed E-state index contributed by atoms with van der Waals surface area (Å²) in [6.45, 7) is 2.57. The zero-order valence-electron chi connectivity index (χ0n) is 8.42. The lowest BCUT2D eigenvalue weighted by Crippen LogP contribution is -2.84. The van der Waals surface area contributed by atoms with Gasteiger partial charge in [0.15, 0.2) is 0 Å². The Morgan fingerprint density at radius 3 is 2.00 bits per heavy atom. The van der Waals surface area contributed by atoms with E-state index in [-0.39, 0.29) is 0 Å². The Kier molecular flexibility index (Phi) is 0.707. The van der Waals surface area contributed by atoms with Crippen molar-refractivity contribution in [3.8, 4) is 0 Å².